The molecule has 4 aromatic rings. The number of urea groups is 2. The number of nitrogens with zero attached hydrogens (tertiary/aromatic N) is 5. The summed E-state index contributed by atoms with van der Waals surface area (Å²) in [5.74, 6) is 0. The maximum absolute atomic E-state index is 11.8. The SMILES string of the molecule is CCCn1cc(NC(=O)Nc2cccc(C)c2)cn1.CCCn1cc(NC(=O)Nc2cccc(C)c2)cn1.CCN(CC)CC.Cl. The van der Waals surface area contributed by atoms with E-state index in [-0.39, 0.29) is 24.5 Å². The highest BCUT2D eigenvalue weighted by molar-refractivity contribution is 6.00. The van der Waals surface area contributed by atoms with Crippen LogP contribution in [-0.2, 0) is 13.1 Å². The standard InChI is InChI=1S/2C14H18N4O.C6H15N.ClH/c2*1-3-7-18-10-13(9-15-18)17-14(19)16-12-6-4-5-11(2)8-12;1-4-7(5-2)6-3;/h2*4-6,8-10H,3,7H2,1-2H3,(H2,16,17,19);4-6H2,1-3H3;1H. The Morgan fingerprint density at radius 3 is 1.30 bits per heavy atom. The summed E-state index contributed by atoms with van der Waals surface area (Å²) in [7, 11) is 0. The van der Waals surface area contributed by atoms with Gasteiger partial charge in [-0.2, -0.15) is 10.2 Å². The molecule has 0 aliphatic heterocycles. The van der Waals surface area contributed by atoms with Gasteiger partial charge in [0.1, 0.15) is 0 Å². The topological polar surface area (TPSA) is 121 Å². The van der Waals surface area contributed by atoms with Crippen LogP contribution in [0.5, 0.6) is 0 Å². The van der Waals surface area contributed by atoms with Crippen molar-refractivity contribution in [3.05, 3.63) is 84.4 Å². The van der Waals surface area contributed by atoms with Crippen molar-refractivity contribution in [1.29, 1.82) is 0 Å². The van der Waals surface area contributed by atoms with E-state index in [9.17, 15) is 9.59 Å². The van der Waals surface area contributed by atoms with Crippen LogP contribution in [0.4, 0.5) is 32.3 Å². The number of carbonyl (C=O) groups is 2. The third-order valence-corrected chi connectivity index (χ3v) is 6.58. The molecule has 4 N–H and O–H groups in total. The summed E-state index contributed by atoms with van der Waals surface area (Å²) in [5.41, 5.74) is 5.15. The second-order valence-electron chi connectivity index (χ2n) is 10.5. The zero-order chi connectivity index (χ0) is 33.0. The fourth-order valence-corrected chi connectivity index (χ4v) is 4.26. The molecule has 0 aliphatic rings. The van der Waals surface area contributed by atoms with Crippen molar-refractivity contribution in [2.24, 2.45) is 0 Å². The van der Waals surface area contributed by atoms with E-state index in [0.717, 1.165) is 48.4 Å². The number of hydrogen-bond acceptors (Lipinski definition) is 5. The Balaban J connectivity index is 0.000000376. The normalized spacial score (nSPS) is 10.0. The Bertz CT molecular complexity index is 1330. The molecule has 4 amide bonds. The van der Waals surface area contributed by atoms with Gasteiger partial charge in [-0.15, -0.1) is 12.4 Å². The zero-order valence-electron chi connectivity index (χ0n) is 28.3. The van der Waals surface area contributed by atoms with E-state index < -0.39 is 0 Å². The smallest absolute Gasteiger partial charge is 0.308 e. The molecule has 252 valence electrons. The van der Waals surface area contributed by atoms with Crippen LogP contribution in [0.3, 0.4) is 0 Å². The molecule has 0 radical (unpaired) electrons. The van der Waals surface area contributed by atoms with Crippen molar-refractivity contribution in [3.8, 4) is 0 Å². The van der Waals surface area contributed by atoms with Crippen LogP contribution in [0.15, 0.2) is 73.3 Å². The maximum atomic E-state index is 11.8. The minimum absolute atomic E-state index is 0. The molecule has 0 aliphatic carbocycles. The number of nitrogens with one attached hydrogen (secondary N) is 4. The van der Waals surface area contributed by atoms with Gasteiger partial charge in [0.25, 0.3) is 0 Å². The summed E-state index contributed by atoms with van der Waals surface area (Å²) in [6.07, 6.45) is 8.95. The monoisotopic (exact) mass is 653 g/mol. The second kappa shape index (κ2) is 22.2. The first kappa shape index (κ1) is 39.7. The number of anilines is 4. The van der Waals surface area contributed by atoms with Crippen LogP contribution in [0.1, 0.15) is 58.6 Å². The maximum Gasteiger partial charge on any atom is 0.323 e. The van der Waals surface area contributed by atoms with Gasteiger partial charge in [0.2, 0.25) is 0 Å². The molecule has 0 saturated heterocycles. The molecule has 0 unspecified atom stereocenters. The summed E-state index contributed by atoms with van der Waals surface area (Å²) in [6.45, 7) is 20.0. The van der Waals surface area contributed by atoms with Gasteiger partial charge >= 0.3 is 12.1 Å². The van der Waals surface area contributed by atoms with E-state index in [1.165, 1.54) is 19.6 Å². The summed E-state index contributed by atoms with van der Waals surface area (Å²) >= 11 is 0. The van der Waals surface area contributed by atoms with Gasteiger partial charge in [0.15, 0.2) is 0 Å². The highest BCUT2D eigenvalue weighted by atomic mass is 35.5. The molecule has 46 heavy (non-hydrogen) atoms. The molecular formula is C34H52ClN9O2. The van der Waals surface area contributed by atoms with E-state index in [2.05, 4.69) is 71.0 Å². The molecule has 2 aromatic carbocycles. The van der Waals surface area contributed by atoms with Gasteiger partial charge in [-0.3, -0.25) is 9.36 Å². The third-order valence-electron chi connectivity index (χ3n) is 6.58. The molecule has 0 spiro atoms. The molecule has 12 heteroatoms. The minimum atomic E-state index is -0.262. The minimum Gasteiger partial charge on any atom is -0.308 e. The first-order valence-corrected chi connectivity index (χ1v) is 15.8. The summed E-state index contributed by atoms with van der Waals surface area (Å²) in [5, 5.41) is 19.4. The molecule has 4 rings (SSSR count). The van der Waals surface area contributed by atoms with Gasteiger partial charge in [-0.05, 0) is 81.7 Å². The Hall–Kier alpha value is -4.35. The van der Waals surface area contributed by atoms with E-state index in [1.54, 1.807) is 12.4 Å². The van der Waals surface area contributed by atoms with Crippen LogP contribution < -0.4 is 21.3 Å². The lowest BCUT2D eigenvalue weighted by molar-refractivity contribution is 0.261. The second-order valence-corrected chi connectivity index (χ2v) is 10.5. The molecule has 0 bridgehead atoms. The van der Waals surface area contributed by atoms with E-state index in [0.29, 0.717) is 11.4 Å². The Morgan fingerprint density at radius 1 is 0.630 bits per heavy atom. The zero-order valence-corrected chi connectivity index (χ0v) is 29.2. The predicted octanol–water partition coefficient (Wildman–Crippen LogP) is 8.26. The average Bonchev–Trinajstić information content (AvgIpc) is 3.64. The summed E-state index contributed by atoms with van der Waals surface area (Å²) < 4.78 is 3.62. The first-order valence-electron chi connectivity index (χ1n) is 15.8. The fourth-order valence-electron chi connectivity index (χ4n) is 4.26. The number of halogens is 1. The first-order chi connectivity index (χ1) is 21.7. The van der Waals surface area contributed by atoms with Crippen LogP contribution in [-0.4, -0.2) is 56.2 Å². The highest BCUT2D eigenvalue weighted by Gasteiger charge is 2.06. The average molecular weight is 654 g/mol. The van der Waals surface area contributed by atoms with Crippen molar-refractivity contribution < 1.29 is 9.59 Å². The fraction of sp³-hybridized carbons (Fsp3) is 0.412. The number of amides is 4. The van der Waals surface area contributed by atoms with Gasteiger partial charge in [-0.1, -0.05) is 58.9 Å². The van der Waals surface area contributed by atoms with Crippen molar-refractivity contribution in [3.63, 3.8) is 0 Å². The number of hydrogen-bond donors (Lipinski definition) is 4. The van der Waals surface area contributed by atoms with E-state index in [1.807, 2.05) is 84.1 Å². The molecule has 11 nitrogen and oxygen atoms in total. The Morgan fingerprint density at radius 2 is 1.00 bits per heavy atom. The number of aryl methyl sites for hydroxylation is 4. The van der Waals surface area contributed by atoms with Crippen LogP contribution in [0.25, 0.3) is 0 Å². The molecule has 0 saturated carbocycles. The molecule has 0 fully saturated rings. The van der Waals surface area contributed by atoms with Crippen molar-refractivity contribution >= 4 is 47.2 Å². The largest absolute Gasteiger partial charge is 0.323 e. The van der Waals surface area contributed by atoms with E-state index >= 15 is 0 Å². The van der Waals surface area contributed by atoms with Crippen molar-refractivity contribution in [1.82, 2.24) is 24.5 Å². The lowest BCUT2D eigenvalue weighted by Crippen LogP contribution is -2.21. The van der Waals surface area contributed by atoms with Gasteiger partial charge in [0, 0.05) is 36.9 Å². The predicted molar refractivity (Wildman–Crippen MR) is 193 cm³/mol. The van der Waals surface area contributed by atoms with Gasteiger partial charge < -0.3 is 26.2 Å². The number of carbonyl (C=O) groups excluding carboxylic acids is 2. The third kappa shape index (κ3) is 15.6. The van der Waals surface area contributed by atoms with Crippen molar-refractivity contribution in [2.75, 3.05) is 40.9 Å². The Labute approximate surface area is 280 Å². The number of benzene rings is 2. The van der Waals surface area contributed by atoms with Crippen LogP contribution in [0, 0.1) is 13.8 Å². The van der Waals surface area contributed by atoms with Crippen LogP contribution >= 0.6 is 12.4 Å². The lowest BCUT2D eigenvalue weighted by atomic mass is 10.2. The molecule has 2 heterocycles. The molecular weight excluding hydrogens is 602 g/mol. The quantitative estimate of drug-likeness (QED) is 0.130. The number of aromatic nitrogens is 4. The summed E-state index contributed by atoms with van der Waals surface area (Å²) in [6, 6.07) is 14.8. The van der Waals surface area contributed by atoms with Crippen LogP contribution in [0.2, 0.25) is 0 Å². The Kier molecular flexibility index (Phi) is 19.1. The molecule has 0 atom stereocenters. The van der Waals surface area contributed by atoms with Gasteiger partial charge in [-0.25, -0.2) is 9.59 Å². The number of rotatable bonds is 11. The summed E-state index contributed by atoms with van der Waals surface area (Å²) in [4.78, 5) is 26.0. The molecule has 2 aromatic heterocycles. The van der Waals surface area contributed by atoms with E-state index in [4.69, 9.17) is 0 Å². The van der Waals surface area contributed by atoms with Gasteiger partial charge in [0.05, 0.1) is 23.8 Å². The highest BCUT2D eigenvalue weighted by Crippen LogP contribution is 2.12. The van der Waals surface area contributed by atoms with Crippen molar-refractivity contribution in [2.45, 2.75) is 74.4 Å². The lowest BCUT2D eigenvalue weighted by Gasteiger charge is -2.13.